The summed E-state index contributed by atoms with van der Waals surface area (Å²) < 4.78 is 1.02. The van der Waals surface area contributed by atoms with Crippen LogP contribution in [0.25, 0.3) is 21.5 Å². The van der Waals surface area contributed by atoms with E-state index in [0.29, 0.717) is 0 Å². The summed E-state index contributed by atoms with van der Waals surface area (Å²) in [4.78, 5) is 2.34. The van der Waals surface area contributed by atoms with Gasteiger partial charge in [-0.2, -0.15) is 0 Å². The maximum Gasteiger partial charge on any atom is 0.0468 e. The number of benzene rings is 5. The van der Waals surface area contributed by atoms with Gasteiger partial charge in [0.1, 0.15) is 0 Å². The first-order valence-electron chi connectivity index (χ1n) is 9.74. The van der Waals surface area contributed by atoms with E-state index in [1.165, 1.54) is 44.2 Å². The van der Waals surface area contributed by atoms with E-state index in [4.69, 9.17) is 0 Å². The van der Waals surface area contributed by atoms with E-state index in [-0.39, 0.29) is 0 Å². The van der Waals surface area contributed by atoms with E-state index in [1.807, 2.05) is 0 Å². The van der Waals surface area contributed by atoms with E-state index >= 15 is 0 Å². The smallest absolute Gasteiger partial charge is 0.0468 e. The van der Waals surface area contributed by atoms with Gasteiger partial charge in [0.05, 0.1) is 0 Å². The highest BCUT2D eigenvalue weighted by Crippen LogP contribution is 2.37. The molecule has 0 radical (unpaired) electrons. The number of anilines is 3. The zero-order valence-corrected chi connectivity index (χ0v) is 18.1. The van der Waals surface area contributed by atoms with Gasteiger partial charge in [-0.3, -0.25) is 0 Å². The summed E-state index contributed by atoms with van der Waals surface area (Å²) in [5.41, 5.74) is 4.85. The minimum atomic E-state index is 1.02. The van der Waals surface area contributed by atoms with Crippen molar-refractivity contribution < 1.29 is 0 Å². The molecule has 0 amide bonds. The maximum absolute atomic E-state index is 2.41. The fraction of sp³-hybridized carbons (Fsp3) is 0.0370. The molecule has 0 bridgehead atoms. The molecule has 140 valence electrons. The lowest BCUT2D eigenvalue weighted by molar-refractivity contribution is 1.28. The Morgan fingerprint density at radius 1 is 0.483 bits per heavy atom. The molecule has 5 aromatic carbocycles. The Morgan fingerprint density at radius 3 is 1.41 bits per heavy atom. The van der Waals surface area contributed by atoms with Crippen LogP contribution in [0.4, 0.5) is 17.1 Å². The first-order valence-corrected chi connectivity index (χ1v) is 11.3. The van der Waals surface area contributed by atoms with Crippen molar-refractivity contribution in [3.8, 4) is 0 Å². The maximum atomic E-state index is 2.41. The van der Waals surface area contributed by atoms with Crippen molar-refractivity contribution >= 4 is 61.2 Å². The van der Waals surface area contributed by atoms with Crippen molar-refractivity contribution in [1.82, 2.24) is 0 Å². The standard InChI is InChI=1S/C27H20IN/c28-19-20-9-13-25(14-10-20)29(26-15-11-21-5-1-3-7-23(21)17-26)27-16-12-22-6-2-4-8-24(22)18-27/h1-18H,19H2. The summed E-state index contributed by atoms with van der Waals surface area (Å²) in [6, 6.07) is 39.3. The van der Waals surface area contributed by atoms with Crippen LogP contribution in [-0.4, -0.2) is 0 Å². The summed E-state index contributed by atoms with van der Waals surface area (Å²) >= 11 is 2.41. The van der Waals surface area contributed by atoms with Gasteiger partial charge in [0.2, 0.25) is 0 Å². The lowest BCUT2D eigenvalue weighted by atomic mass is 10.1. The Bertz CT molecular complexity index is 1210. The van der Waals surface area contributed by atoms with E-state index in [0.717, 1.165) is 4.43 Å². The molecule has 1 nitrogen and oxygen atoms in total. The van der Waals surface area contributed by atoms with Gasteiger partial charge in [-0.15, -0.1) is 0 Å². The normalized spacial score (nSPS) is 11.1. The number of hydrogen-bond acceptors (Lipinski definition) is 1. The molecule has 0 aliphatic heterocycles. The Balaban J connectivity index is 1.70. The molecular weight excluding hydrogens is 465 g/mol. The van der Waals surface area contributed by atoms with E-state index in [2.05, 4.69) is 137 Å². The van der Waals surface area contributed by atoms with Crippen molar-refractivity contribution in [1.29, 1.82) is 0 Å². The molecule has 0 aromatic heterocycles. The van der Waals surface area contributed by atoms with Crippen LogP contribution in [0.1, 0.15) is 5.56 Å². The molecule has 29 heavy (non-hydrogen) atoms. The lowest BCUT2D eigenvalue weighted by Gasteiger charge is -2.26. The van der Waals surface area contributed by atoms with Gasteiger partial charge >= 0.3 is 0 Å². The third-order valence-electron chi connectivity index (χ3n) is 5.33. The second kappa shape index (κ2) is 7.88. The molecule has 0 atom stereocenters. The summed E-state index contributed by atoms with van der Waals surface area (Å²) in [7, 11) is 0. The molecule has 0 saturated carbocycles. The molecule has 0 unspecified atom stereocenters. The fourth-order valence-corrected chi connectivity index (χ4v) is 4.32. The van der Waals surface area contributed by atoms with Crippen LogP contribution in [0.2, 0.25) is 0 Å². The summed E-state index contributed by atoms with van der Waals surface area (Å²) in [6.07, 6.45) is 0. The zero-order valence-electron chi connectivity index (χ0n) is 15.9. The minimum Gasteiger partial charge on any atom is -0.310 e. The average Bonchev–Trinajstić information content (AvgIpc) is 2.79. The first-order chi connectivity index (χ1) is 14.3. The molecule has 5 aromatic rings. The third-order valence-corrected chi connectivity index (χ3v) is 6.21. The molecular formula is C27H20IN. The van der Waals surface area contributed by atoms with Crippen molar-refractivity contribution in [2.24, 2.45) is 0 Å². The highest BCUT2D eigenvalue weighted by Gasteiger charge is 2.13. The quantitative estimate of drug-likeness (QED) is 0.183. The molecule has 0 aliphatic rings. The first kappa shape index (κ1) is 18.2. The van der Waals surface area contributed by atoms with Gasteiger partial charge in [-0.1, -0.05) is 95.4 Å². The Labute approximate surface area is 184 Å². The van der Waals surface area contributed by atoms with Gasteiger partial charge in [0.25, 0.3) is 0 Å². The van der Waals surface area contributed by atoms with Gasteiger partial charge < -0.3 is 4.90 Å². The van der Waals surface area contributed by atoms with Crippen LogP contribution in [0.15, 0.2) is 109 Å². The average molecular weight is 485 g/mol. The van der Waals surface area contributed by atoms with Crippen LogP contribution < -0.4 is 4.90 Å². The Morgan fingerprint density at radius 2 is 0.931 bits per heavy atom. The van der Waals surface area contributed by atoms with Crippen molar-refractivity contribution in [2.45, 2.75) is 4.43 Å². The monoisotopic (exact) mass is 485 g/mol. The van der Waals surface area contributed by atoms with Crippen molar-refractivity contribution in [3.63, 3.8) is 0 Å². The van der Waals surface area contributed by atoms with Crippen LogP contribution >= 0.6 is 22.6 Å². The molecule has 5 rings (SSSR count). The highest BCUT2D eigenvalue weighted by atomic mass is 127. The fourth-order valence-electron chi connectivity index (χ4n) is 3.81. The summed E-state index contributed by atoms with van der Waals surface area (Å²) in [5, 5.41) is 5.02. The molecule has 0 heterocycles. The van der Waals surface area contributed by atoms with E-state index < -0.39 is 0 Å². The molecule has 0 aliphatic carbocycles. The van der Waals surface area contributed by atoms with E-state index in [9.17, 15) is 0 Å². The number of fused-ring (bicyclic) bond motifs is 2. The summed E-state index contributed by atoms with van der Waals surface area (Å²) in [5.74, 6) is 0. The number of nitrogens with zero attached hydrogens (tertiary/aromatic N) is 1. The number of alkyl halides is 1. The van der Waals surface area contributed by atoms with Gasteiger partial charge in [-0.05, 0) is 63.5 Å². The zero-order chi connectivity index (χ0) is 19.6. The van der Waals surface area contributed by atoms with Gasteiger partial charge in [-0.25, -0.2) is 0 Å². The molecule has 0 N–H and O–H groups in total. The molecule has 2 heteroatoms. The van der Waals surface area contributed by atoms with Crippen LogP contribution in [0.5, 0.6) is 0 Å². The predicted molar refractivity (Wildman–Crippen MR) is 134 cm³/mol. The Kier molecular flexibility index (Phi) is 4.94. The highest BCUT2D eigenvalue weighted by molar-refractivity contribution is 14.1. The number of rotatable bonds is 4. The molecule has 0 spiro atoms. The third kappa shape index (κ3) is 3.60. The number of hydrogen-bond donors (Lipinski definition) is 0. The van der Waals surface area contributed by atoms with Crippen LogP contribution in [0, 0.1) is 0 Å². The number of halogens is 1. The van der Waals surface area contributed by atoms with Crippen LogP contribution in [-0.2, 0) is 4.43 Å². The second-order valence-corrected chi connectivity index (χ2v) is 7.96. The van der Waals surface area contributed by atoms with Gasteiger partial charge in [0.15, 0.2) is 0 Å². The largest absolute Gasteiger partial charge is 0.310 e. The lowest BCUT2D eigenvalue weighted by Crippen LogP contribution is -2.10. The summed E-state index contributed by atoms with van der Waals surface area (Å²) in [6.45, 7) is 0. The van der Waals surface area contributed by atoms with Crippen LogP contribution in [0.3, 0.4) is 0 Å². The SMILES string of the molecule is ICc1ccc(N(c2ccc3ccccc3c2)c2ccc3ccccc3c2)cc1. The molecule has 0 fully saturated rings. The minimum absolute atomic E-state index is 1.02. The van der Waals surface area contributed by atoms with Crippen molar-refractivity contribution in [3.05, 3.63) is 115 Å². The second-order valence-electron chi connectivity index (χ2n) is 7.20. The molecule has 0 saturated heterocycles. The van der Waals surface area contributed by atoms with Gasteiger partial charge in [0, 0.05) is 21.5 Å². The predicted octanol–water partition coefficient (Wildman–Crippen LogP) is 8.40. The topological polar surface area (TPSA) is 3.24 Å². The van der Waals surface area contributed by atoms with E-state index in [1.54, 1.807) is 0 Å². The Hall–Kier alpha value is -2.85. The van der Waals surface area contributed by atoms with Crippen molar-refractivity contribution in [2.75, 3.05) is 4.90 Å².